The van der Waals surface area contributed by atoms with Gasteiger partial charge in [-0.2, -0.15) is 0 Å². The Labute approximate surface area is 169 Å². The molecular formula is C22H26N2O5. The minimum Gasteiger partial charge on any atom is -0.457 e. The van der Waals surface area contributed by atoms with E-state index in [-0.39, 0.29) is 49.0 Å². The fraction of sp³-hybridized carbons (Fsp3) is 0.545. The maximum atomic E-state index is 12.5. The van der Waals surface area contributed by atoms with E-state index in [9.17, 15) is 19.2 Å². The highest BCUT2D eigenvalue weighted by Gasteiger charge is 2.47. The van der Waals surface area contributed by atoms with Gasteiger partial charge >= 0.3 is 5.97 Å². The van der Waals surface area contributed by atoms with Crippen LogP contribution in [-0.4, -0.2) is 46.2 Å². The van der Waals surface area contributed by atoms with Crippen molar-refractivity contribution in [1.82, 2.24) is 9.47 Å². The van der Waals surface area contributed by atoms with Gasteiger partial charge in [0.1, 0.15) is 0 Å². The predicted octanol–water partition coefficient (Wildman–Crippen LogP) is 2.51. The van der Waals surface area contributed by atoms with E-state index in [0.29, 0.717) is 24.4 Å². The number of hydrogen-bond acceptors (Lipinski definition) is 5. The third-order valence-corrected chi connectivity index (χ3v) is 6.20. The van der Waals surface area contributed by atoms with Crippen LogP contribution in [0.1, 0.15) is 59.9 Å². The summed E-state index contributed by atoms with van der Waals surface area (Å²) in [5, 5.41) is 0. The van der Waals surface area contributed by atoms with E-state index in [0.717, 1.165) is 24.2 Å². The van der Waals surface area contributed by atoms with E-state index >= 15 is 0 Å². The summed E-state index contributed by atoms with van der Waals surface area (Å²) in [6, 6.07) is 2.33. The van der Waals surface area contributed by atoms with Crippen LogP contribution in [0.3, 0.4) is 0 Å². The number of nitrogens with zero attached hydrogens (tertiary/aromatic N) is 2. The lowest BCUT2D eigenvalue weighted by atomic mass is 9.85. The molecule has 2 aliphatic carbocycles. The van der Waals surface area contributed by atoms with E-state index in [1.54, 1.807) is 0 Å². The standard InChI is InChI=1S/C22H26N2O5/c1-13-11-18(14(2)24(13)15-7-8-15)19(25)12-29-20(26)9-10-23-21(27)16-5-3-4-6-17(16)22(23)28/h3-4,11,15-17H,5-10,12H2,1-2H3/t16-,17-/m0/s1. The molecule has 0 radical (unpaired) electrons. The first kappa shape index (κ1) is 19.6. The number of hydrogen-bond donors (Lipinski definition) is 0. The molecule has 3 aliphatic rings. The Balaban J connectivity index is 1.28. The number of aryl methyl sites for hydroxylation is 1. The molecular weight excluding hydrogens is 372 g/mol. The molecule has 1 saturated heterocycles. The van der Waals surface area contributed by atoms with E-state index in [1.807, 2.05) is 32.1 Å². The molecule has 0 aromatic carbocycles. The van der Waals surface area contributed by atoms with Gasteiger partial charge in [-0.05, 0) is 45.6 Å². The average Bonchev–Trinajstić information content (AvgIpc) is 3.45. The summed E-state index contributed by atoms with van der Waals surface area (Å²) < 4.78 is 7.30. The van der Waals surface area contributed by atoms with Gasteiger partial charge in [0.15, 0.2) is 6.61 Å². The van der Waals surface area contributed by atoms with Gasteiger partial charge in [0.05, 0.1) is 18.3 Å². The Bertz CT molecular complexity index is 883. The van der Waals surface area contributed by atoms with Crippen molar-refractivity contribution in [1.29, 1.82) is 0 Å². The van der Waals surface area contributed by atoms with Crippen LogP contribution in [-0.2, 0) is 19.1 Å². The largest absolute Gasteiger partial charge is 0.457 e. The van der Waals surface area contributed by atoms with Crippen LogP contribution < -0.4 is 0 Å². The van der Waals surface area contributed by atoms with Crippen LogP contribution >= 0.6 is 0 Å². The maximum Gasteiger partial charge on any atom is 0.308 e. The molecule has 4 rings (SSSR count). The van der Waals surface area contributed by atoms with Gasteiger partial charge in [-0.1, -0.05) is 12.2 Å². The predicted molar refractivity (Wildman–Crippen MR) is 104 cm³/mol. The molecule has 2 fully saturated rings. The first-order chi connectivity index (χ1) is 13.9. The average molecular weight is 398 g/mol. The highest BCUT2D eigenvalue weighted by atomic mass is 16.5. The lowest BCUT2D eigenvalue weighted by Crippen LogP contribution is -2.33. The van der Waals surface area contributed by atoms with Crippen molar-refractivity contribution < 1.29 is 23.9 Å². The van der Waals surface area contributed by atoms with Crippen LogP contribution in [0.5, 0.6) is 0 Å². The third-order valence-electron chi connectivity index (χ3n) is 6.20. The van der Waals surface area contributed by atoms with Crippen molar-refractivity contribution in [2.75, 3.05) is 13.2 Å². The van der Waals surface area contributed by atoms with E-state index in [2.05, 4.69) is 4.57 Å². The number of rotatable bonds is 7. The van der Waals surface area contributed by atoms with Crippen molar-refractivity contribution in [2.45, 2.75) is 52.0 Å². The fourth-order valence-corrected chi connectivity index (χ4v) is 4.54. The van der Waals surface area contributed by atoms with Gasteiger partial charge in [-0.15, -0.1) is 0 Å². The number of fused-ring (bicyclic) bond motifs is 1. The zero-order valence-electron chi connectivity index (χ0n) is 16.8. The van der Waals surface area contributed by atoms with Gasteiger partial charge in [0.2, 0.25) is 17.6 Å². The van der Waals surface area contributed by atoms with Gasteiger partial charge in [-0.3, -0.25) is 24.1 Å². The number of carbonyl (C=O) groups excluding carboxylic acids is 4. The molecule has 1 aliphatic heterocycles. The second kappa shape index (κ2) is 7.61. The Morgan fingerprint density at radius 2 is 1.69 bits per heavy atom. The molecule has 1 aromatic heterocycles. The normalized spacial score (nSPS) is 23.4. The van der Waals surface area contributed by atoms with Crippen molar-refractivity contribution in [3.05, 3.63) is 35.2 Å². The Kier molecular flexibility index (Phi) is 5.15. The SMILES string of the molecule is Cc1cc(C(=O)COC(=O)CCN2C(=O)[C@H]3CC=CC[C@@H]3C2=O)c(C)n1C1CC1. The number of allylic oxidation sites excluding steroid dienone is 2. The number of ether oxygens (including phenoxy) is 1. The molecule has 1 aromatic rings. The Hall–Kier alpha value is -2.70. The molecule has 7 heteroatoms. The second-order valence-corrected chi connectivity index (χ2v) is 8.20. The monoisotopic (exact) mass is 398 g/mol. The van der Waals surface area contributed by atoms with E-state index in [1.165, 1.54) is 4.90 Å². The first-order valence-corrected chi connectivity index (χ1v) is 10.3. The van der Waals surface area contributed by atoms with Crippen molar-refractivity contribution in [3.63, 3.8) is 0 Å². The van der Waals surface area contributed by atoms with Gasteiger partial charge in [0.25, 0.3) is 0 Å². The summed E-state index contributed by atoms with van der Waals surface area (Å²) >= 11 is 0. The summed E-state index contributed by atoms with van der Waals surface area (Å²) in [4.78, 5) is 50.6. The summed E-state index contributed by atoms with van der Waals surface area (Å²) in [5.41, 5.74) is 2.54. The summed E-state index contributed by atoms with van der Waals surface area (Å²) in [5.74, 6) is -1.83. The Morgan fingerprint density at radius 1 is 1.07 bits per heavy atom. The molecule has 0 unspecified atom stereocenters. The minimum atomic E-state index is -0.581. The quantitative estimate of drug-likeness (QED) is 0.305. The van der Waals surface area contributed by atoms with Crippen molar-refractivity contribution in [3.8, 4) is 0 Å². The molecule has 2 atom stereocenters. The van der Waals surface area contributed by atoms with E-state index in [4.69, 9.17) is 4.74 Å². The van der Waals surface area contributed by atoms with Crippen LogP contribution in [0.4, 0.5) is 0 Å². The molecule has 0 N–H and O–H groups in total. The summed E-state index contributed by atoms with van der Waals surface area (Å²) in [6.45, 7) is 3.57. The second-order valence-electron chi connectivity index (χ2n) is 8.20. The van der Waals surface area contributed by atoms with Crippen LogP contribution in [0, 0.1) is 25.7 Å². The van der Waals surface area contributed by atoms with Gasteiger partial charge < -0.3 is 9.30 Å². The smallest absolute Gasteiger partial charge is 0.308 e. The first-order valence-electron chi connectivity index (χ1n) is 10.3. The number of carbonyl (C=O) groups is 4. The minimum absolute atomic E-state index is 0.00782. The number of ketones is 1. The number of aromatic nitrogens is 1. The van der Waals surface area contributed by atoms with Crippen molar-refractivity contribution in [2.24, 2.45) is 11.8 Å². The number of amides is 2. The van der Waals surface area contributed by atoms with Crippen molar-refractivity contribution >= 4 is 23.6 Å². The number of likely N-dealkylation sites (tertiary alicyclic amines) is 1. The molecule has 154 valence electrons. The zero-order chi connectivity index (χ0) is 20.7. The van der Waals surface area contributed by atoms with Crippen LogP contribution in [0.15, 0.2) is 18.2 Å². The summed E-state index contributed by atoms with van der Waals surface area (Å²) in [6.07, 6.45) is 7.16. The maximum absolute atomic E-state index is 12.5. The molecule has 0 spiro atoms. The van der Waals surface area contributed by atoms with Gasteiger partial charge in [-0.25, -0.2) is 0 Å². The molecule has 2 heterocycles. The molecule has 1 saturated carbocycles. The fourth-order valence-electron chi connectivity index (χ4n) is 4.54. The van der Waals surface area contributed by atoms with E-state index < -0.39 is 5.97 Å². The molecule has 29 heavy (non-hydrogen) atoms. The number of Topliss-reactive ketones (excluding diaryl/α,β-unsaturated/α-hetero) is 1. The van der Waals surface area contributed by atoms with Crippen LogP contribution in [0.25, 0.3) is 0 Å². The third kappa shape index (κ3) is 3.66. The number of esters is 1. The molecule has 2 amide bonds. The Morgan fingerprint density at radius 3 is 2.28 bits per heavy atom. The van der Waals surface area contributed by atoms with Crippen LogP contribution in [0.2, 0.25) is 0 Å². The molecule has 7 nitrogen and oxygen atoms in total. The highest BCUT2D eigenvalue weighted by Crippen LogP contribution is 2.38. The van der Waals surface area contributed by atoms with Gasteiger partial charge in [0, 0.05) is 29.5 Å². The lowest BCUT2D eigenvalue weighted by molar-refractivity contribution is -0.145. The topological polar surface area (TPSA) is 85.7 Å². The molecule has 0 bridgehead atoms. The zero-order valence-corrected chi connectivity index (χ0v) is 16.8. The highest BCUT2D eigenvalue weighted by molar-refractivity contribution is 6.05. The number of imide groups is 1. The lowest BCUT2D eigenvalue weighted by Gasteiger charge is -2.14. The summed E-state index contributed by atoms with van der Waals surface area (Å²) in [7, 11) is 0.